The van der Waals surface area contributed by atoms with Gasteiger partial charge in [0.15, 0.2) is 5.69 Å². The van der Waals surface area contributed by atoms with E-state index in [1.807, 2.05) is 0 Å². The van der Waals surface area contributed by atoms with E-state index in [1.165, 1.54) is 6.92 Å². The second kappa shape index (κ2) is 4.30. The summed E-state index contributed by atoms with van der Waals surface area (Å²) in [6.45, 7) is 1.18. The smallest absolute Gasteiger partial charge is 0.357 e. The molecule has 1 N–H and O–H groups in total. The number of alkyl halides is 5. The van der Waals surface area contributed by atoms with Gasteiger partial charge in [0.05, 0.1) is 6.20 Å². The number of hydrogen-bond donors (Lipinski definition) is 1. The lowest BCUT2D eigenvalue weighted by molar-refractivity contribution is -0.195. The van der Waals surface area contributed by atoms with Crippen LogP contribution < -0.4 is 0 Å². The average molecular weight is 258 g/mol. The van der Waals surface area contributed by atoms with Gasteiger partial charge in [0, 0.05) is 5.56 Å². The van der Waals surface area contributed by atoms with Crippen LogP contribution in [0.25, 0.3) is 0 Å². The molecule has 0 aliphatic heterocycles. The molecule has 0 aromatic carbocycles. The molecule has 0 aliphatic carbocycles. The van der Waals surface area contributed by atoms with E-state index in [0.29, 0.717) is 0 Å². The van der Waals surface area contributed by atoms with E-state index in [2.05, 4.69) is 5.10 Å². The first-order valence-corrected chi connectivity index (χ1v) is 4.27. The fraction of sp³-hybridized carbons (Fsp3) is 0.500. The summed E-state index contributed by atoms with van der Waals surface area (Å²) in [5.74, 6) is -6.74. The van der Waals surface area contributed by atoms with Crippen LogP contribution >= 0.6 is 0 Å². The molecular weight excluding hydrogens is 251 g/mol. The third kappa shape index (κ3) is 2.22. The molecule has 1 atom stereocenters. The van der Waals surface area contributed by atoms with E-state index >= 15 is 0 Å². The van der Waals surface area contributed by atoms with Crippen molar-refractivity contribution in [3.8, 4) is 0 Å². The van der Waals surface area contributed by atoms with Crippen LogP contribution in [0.5, 0.6) is 0 Å². The number of carboxylic acids is 1. The zero-order chi connectivity index (χ0) is 13.4. The lowest BCUT2D eigenvalue weighted by atomic mass is 10.2. The van der Waals surface area contributed by atoms with Gasteiger partial charge in [0.2, 0.25) is 0 Å². The Kier molecular flexibility index (Phi) is 3.39. The first kappa shape index (κ1) is 13.4. The first-order chi connectivity index (χ1) is 7.69. The third-order valence-electron chi connectivity index (χ3n) is 2.00. The van der Waals surface area contributed by atoms with Crippen LogP contribution in [0.15, 0.2) is 6.20 Å². The van der Waals surface area contributed by atoms with Crippen molar-refractivity contribution in [2.24, 2.45) is 0 Å². The molecule has 0 aliphatic rings. The van der Waals surface area contributed by atoms with Gasteiger partial charge in [-0.1, -0.05) is 0 Å². The minimum absolute atomic E-state index is 0.106. The van der Waals surface area contributed by atoms with Crippen molar-refractivity contribution in [3.63, 3.8) is 0 Å². The van der Waals surface area contributed by atoms with Gasteiger partial charge in [-0.15, -0.1) is 0 Å². The molecule has 1 unspecified atom stereocenters. The lowest BCUT2D eigenvalue weighted by Crippen LogP contribution is -2.37. The van der Waals surface area contributed by atoms with Gasteiger partial charge < -0.3 is 5.11 Å². The van der Waals surface area contributed by atoms with Crippen LogP contribution in [0.3, 0.4) is 0 Å². The molecule has 0 bridgehead atoms. The van der Waals surface area contributed by atoms with Crippen LogP contribution in [0.1, 0.15) is 22.3 Å². The highest BCUT2D eigenvalue weighted by molar-refractivity contribution is 5.87. The minimum Gasteiger partial charge on any atom is -0.477 e. The Bertz CT molecular complexity index is 432. The van der Waals surface area contributed by atoms with Crippen molar-refractivity contribution >= 4 is 5.97 Å². The number of aromatic carboxylic acids is 1. The summed E-state index contributed by atoms with van der Waals surface area (Å²) in [5.41, 5.74) is -0.997. The molecule has 1 rings (SSSR count). The molecule has 0 spiro atoms. The van der Waals surface area contributed by atoms with Crippen LogP contribution in [-0.4, -0.2) is 33.2 Å². The lowest BCUT2D eigenvalue weighted by Gasteiger charge is -2.20. The molecule has 1 heterocycles. The topological polar surface area (TPSA) is 55.1 Å². The summed E-state index contributed by atoms with van der Waals surface area (Å²) in [4.78, 5) is 10.6. The summed E-state index contributed by atoms with van der Waals surface area (Å²) in [5, 5.41) is 11.7. The Hall–Kier alpha value is -1.67. The van der Waals surface area contributed by atoms with E-state index < -0.39 is 30.3 Å². The fourth-order valence-electron chi connectivity index (χ4n) is 1.15. The van der Waals surface area contributed by atoms with E-state index in [-0.39, 0.29) is 10.2 Å². The number of nitrogens with zero attached hydrogens (tertiary/aromatic N) is 2. The number of halogens is 5. The maximum absolute atomic E-state index is 13.2. The second-order valence-electron chi connectivity index (χ2n) is 3.24. The maximum Gasteiger partial charge on any atom is 0.357 e. The number of aromatic nitrogens is 2. The number of rotatable bonds is 4. The standard InChI is InChI=1S/C8H7F5N2O2/c1-3-2-14-15(4(3)5(16)17)7(11)8(12,13)6(9)10/h2,6-7H,1H3,(H,16,17). The van der Waals surface area contributed by atoms with E-state index in [9.17, 15) is 26.7 Å². The second-order valence-corrected chi connectivity index (χ2v) is 3.24. The monoisotopic (exact) mass is 258 g/mol. The maximum atomic E-state index is 13.2. The molecule has 1 aromatic rings. The molecule has 17 heavy (non-hydrogen) atoms. The van der Waals surface area contributed by atoms with Crippen LogP contribution in [0, 0.1) is 6.92 Å². The Labute approximate surface area is 91.6 Å². The molecule has 0 saturated heterocycles. The van der Waals surface area contributed by atoms with Gasteiger partial charge in [-0.25, -0.2) is 22.6 Å². The molecule has 0 saturated carbocycles. The van der Waals surface area contributed by atoms with Crippen molar-refractivity contribution in [1.82, 2.24) is 9.78 Å². The molecule has 96 valence electrons. The van der Waals surface area contributed by atoms with E-state index in [1.54, 1.807) is 0 Å². The highest BCUT2D eigenvalue weighted by Gasteiger charge is 2.52. The van der Waals surface area contributed by atoms with Crippen LogP contribution in [0.4, 0.5) is 22.0 Å². The van der Waals surface area contributed by atoms with Gasteiger partial charge in [0.1, 0.15) is 0 Å². The van der Waals surface area contributed by atoms with Crippen LogP contribution in [0.2, 0.25) is 0 Å². The van der Waals surface area contributed by atoms with Gasteiger partial charge in [-0.2, -0.15) is 13.9 Å². The van der Waals surface area contributed by atoms with Crippen molar-refractivity contribution in [3.05, 3.63) is 17.5 Å². The Morgan fingerprint density at radius 3 is 2.41 bits per heavy atom. The van der Waals surface area contributed by atoms with Crippen LogP contribution in [-0.2, 0) is 0 Å². The predicted molar refractivity (Wildman–Crippen MR) is 45.0 cm³/mol. The Morgan fingerprint density at radius 2 is 2.00 bits per heavy atom. The molecule has 0 fully saturated rings. The van der Waals surface area contributed by atoms with Gasteiger partial charge >= 0.3 is 18.3 Å². The zero-order valence-corrected chi connectivity index (χ0v) is 8.37. The number of carboxylic acid groups (broad SMARTS) is 1. The quantitative estimate of drug-likeness (QED) is 0.843. The summed E-state index contributed by atoms with van der Waals surface area (Å²) >= 11 is 0. The normalized spacial score (nSPS) is 14.1. The van der Waals surface area contributed by atoms with E-state index in [0.717, 1.165) is 6.20 Å². The summed E-state index contributed by atoms with van der Waals surface area (Å²) < 4.78 is 62.2. The van der Waals surface area contributed by atoms with Crippen molar-refractivity contribution in [1.29, 1.82) is 0 Å². The minimum atomic E-state index is -5.01. The largest absolute Gasteiger partial charge is 0.477 e. The zero-order valence-electron chi connectivity index (χ0n) is 8.37. The summed E-state index contributed by atoms with van der Waals surface area (Å²) in [6, 6.07) is 0. The molecular formula is C8H7F5N2O2. The number of carbonyl (C=O) groups is 1. The Morgan fingerprint density at radius 1 is 1.47 bits per heavy atom. The predicted octanol–water partition coefficient (Wildman–Crippen LogP) is 2.26. The summed E-state index contributed by atoms with van der Waals surface area (Å²) in [6.07, 6.45) is -7.00. The van der Waals surface area contributed by atoms with E-state index in [4.69, 9.17) is 5.11 Å². The molecule has 9 heteroatoms. The van der Waals surface area contributed by atoms with Gasteiger partial charge in [-0.3, -0.25) is 0 Å². The summed E-state index contributed by atoms with van der Waals surface area (Å²) in [7, 11) is 0. The first-order valence-electron chi connectivity index (χ1n) is 4.27. The van der Waals surface area contributed by atoms with Gasteiger partial charge in [0.25, 0.3) is 6.30 Å². The molecule has 0 amide bonds. The number of aryl methyl sites for hydroxylation is 1. The average Bonchev–Trinajstić information content (AvgIpc) is 2.58. The van der Waals surface area contributed by atoms with Gasteiger partial charge in [-0.05, 0) is 6.92 Å². The molecule has 1 aromatic heterocycles. The SMILES string of the molecule is Cc1cnn(C(F)C(F)(F)C(F)F)c1C(=O)O. The van der Waals surface area contributed by atoms with Crippen molar-refractivity contribution in [2.45, 2.75) is 25.6 Å². The molecule has 4 nitrogen and oxygen atoms in total. The van der Waals surface area contributed by atoms with Crippen molar-refractivity contribution < 1.29 is 31.9 Å². The third-order valence-corrected chi connectivity index (χ3v) is 2.00. The highest BCUT2D eigenvalue weighted by Crippen LogP contribution is 2.36. The Balaban J connectivity index is 3.22. The fourth-order valence-corrected chi connectivity index (χ4v) is 1.15. The number of hydrogen-bond acceptors (Lipinski definition) is 2. The molecule has 0 radical (unpaired) electrons. The van der Waals surface area contributed by atoms with Crippen molar-refractivity contribution in [2.75, 3.05) is 0 Å². The highest BCUT2D eigenvalue weighted by atomic mass is 19.3.